The maximum absolute atomic E-state index is 11.9. The number of amides is 5. The van der Waals surface area contributed by atoms with Crippen molar-refractivity contribution in [1.29, 1.82) is 0 Å². The minimum Gasteiger partial charge on any atom is -0.354 e. The molecule has 0 saturated carbocycles. The normalized spacial score (nSPS) is 9.95. The van der Waals surface area contributed by atoms with E-state index in [0.29, 0.717) is 10.6 Å². The summed E-state index contributed by atoms with van der Waals surface area (Å²) < 4.78 is 0. The number of hydrogen-bond acceptors (Lipinski definition) is 5. The second kappa shape index (κ2) is 6.37. The Morgan fingerprint density at radius 1 is 1.29 bits per heavy atom. The molecule has 21 heavy (non-hydrogen) atoms. The third-order valence-electron chi connectivity index (χ3n) is 2.46. The van der Waals surface area contributed by atoms with E-state index in [1.54, 1.807) is 6.07 Å². The van der Waals surface area contributed by atoms with Gasteiger partial charge < -0.3 is 16.4 Å². The van der Waals surface area contributed by atoms with Crippen LogP contribution in [0.4, 0.5) is 15.3 Å². The molecule has 0 aromatic carbocycles. The van der Waals surface area contributed by atoms with Crippen molar-refractivity contribution < 1.29 is 14.4 Å². The van der Waals surface area contributed by atoms with Gasteiger partial charge in [-0.2, -0.15) is 11.3 Å². The average Bonchev–Trinajstić information content (AvgIpc) is 3.05. The first-order valence-corrected chi connectivity index (χ1v) is 7.53. The lowest BCUT2D eigenvalue weighted by molar-refractivity contribution is 0.0968. The van der Waals surface area contributed by atoms with Crippen LogP contribution in [0.1, 0.15) is 9.67 Å². The minimum atomic E-state index is -0.970. The number of carbonyl (C=O) groups excluding carboxylic acids is 3. The number of anilines is 1. The van der Waals surface area contributed by atoms with E-state index >= 15 is 0 Å². The molecule has 0 radical (unpaired) electrons. The van der Waals surface area contributed by atoms with Gasteiger partial charge in [-0.25, -0.2) is 9.59 Å². The van der Waals surface area contributed by atoms with E-state index in [-0.39, 0.29) is 5.91 Å². The van der Waals surface area contributed by atoms with Crippen LogP contribution in [0, 0.1) is 0 Å². The summed E-state index contributed by atoms with van der Waals surface area (Å²) in [7, 11) is 1.50. The molecule has 0 fully saturated rings. The number of hydrogen-bond donors (Lipinski definition) is 4. The molecular weight excluding hydrogens is 312 g/mol. The first kappa shape index (κ1) is 15.0. The van der Waals surface area contributed by atoms with E-state index in [2.05, 4.69) is 10.6 Å². The predicted octanol–water partition coefficient (Wildman–Crippen LogP) is 2.04. The molecule has 2 aromatic heterocycles. The monoisotopic (exact) mass is 324 g/mol. The van der Waals surface area contributed by atoms with Gasteiger partial charge in [-0.05, 0) is 22.9 Å². The van der Waals surface area contributed by atoms with Crippen molar-refractivity contribution in [1.82, 2.24) is 10.6 Å². The zero-order valence-electron chi connectivity index (χ0n) is 10.9. The molecule has 2 aromatic rings. The van der Waals surface area contributed by atoms with Crippen molar-refractivity contribution in [2.24, 2.45) is 5.73 Å². The highest BCUT2D eigenvalue weighted by Crippen LogP contribution is 2.35. The predicted molar refractivity (Wildman–Crippen MR) is 82.8 cm³/mol. The topological polar surface area (TPSA) is 113 Å². The van der Waals surface area contributed by atoms with Gasteiger partial charge in [0.25, 0.3) is 5.91 Å². The molecule has 0 spiro atoms. The number of primary amides is 1. The fourth-order valence-electron chi connectivity index (χ4n) is 1.58. The molecule has 0 bridgehead atoms. The summed E-state index contributed by atoms with van der Waals surface area (Å²) in [4.78, 5) is 35.2. The number of rotatable bonds is 3. The Morgan fingerprint density at radius 3 is 2.62 bits per heavy atom. The summed E-state index contributed by atoms with van der Waals surface area (Å²) in [5, 5.41) is 10.7. The van der Waals surface area contributed by atoms with E-state index in [1.807, 2.05) is 22.1 Å². The van der Waals surface area contributed by atoms with E-state index in [0.717, 1.165) is 10.4 Å². The summed E-state index contributed by atoms with van der Waals surface area (Å²) in [5.41, 5.74) is 6.14. The minimum absolute atomic E-state index is 0.319. The van der Waals surface area contributed by atoms with Crippen molar-refractivity contribution in [2.75, 3.05) is 12.4 Å². The molecule has 5 N–H and O–H groups in total. The Hall–Kier alpha value is -2.39. The molecule has 0 saturated heterocycles. The molecule has 110 valence electrons. The zero-order chi connectivity index (χ0) is 15.4. The van der Waals surface area contributed by atoms with Crippen LogP contribution in [0.15, 0.2) is 22.9 Å². The van der Waals surface area contributed by atoms with Gasteiger partial charge >= 0.3 is 12.1 Å². The van der Waals surface area contributed by atoms with Crippen molar-refractivity contribution >= 4 is 46.3 Å². The number of nitrogens with one attached hydrogen (secondary N) is 3. The fourth-order valence-corrected chi connectivity index (χ4v) is 3.37. The Kier molecular flexibility index (Phi) is 4.55. The Labute approximate surface area is 128 Å². The van der Waals surface area contributed by atoms with Gasteiger partial charge in [-0.3, -0.25) is 10.1 Å². The second-order valence-corrected chi connectivity index (χ2v) is 5.72. The molecule has 0 aliphatic carbocycles. The van der Waals surface area contributed by atoms with Gasteiger partial charge in [-0.1, -0.05) is 0 Å². The van der Waals surface area contributed by atoms with Crippen LogP contribution in [0.5, 0.6) is 0 Å². The van der Waals surface area contributed by atoms with Crippen LogP contribution in [0.25, 0.3) is 10.4 Å². The maximum Gasteiger partial charge on any atom is 0.327 e. The molecule has 0 aliphatic rings. The van der Waals surface area contributed by atoms with Gasteiger partial charge in [0.15, 0.2) is 0 Å². The first-order valence-electron chi connectivity index (χ1n) is 5.77. The second-order valence-electron chi connectivity index (χ2n) is 3.89. The Bertz CT molecular complexity index is 679. The first-order chi connectivity index (χ1) is 10.0. The fraction of sp³-hybridized carbons (Fsp3) is 0.0833. The van der Waals surface area contributed by atoms with Gasteiger partial charge in [0, 0.05) is 17.5 Å². The van der Waals surface area contributed by atoms with Crippen molar-refractivity contribution in [3.63, 3.8) is 0 Å². The highest BCUT2D eigenvalue weighted by atomic mass is 32.1. The van der Waals surface area contributed by atoms with Crippen LogP contribution in [-0.2, 0) is 0 Å². The molecule has 0 atom stereocenters. The maximum atomic E-state index is 11.9. The lowest BCUT2D eigenvalue weighted by atomic mass is 10.2. The summed E-state index contributed by atoms with van der Waals surface area (Å²) >= 11 is 2.78. The van der Waals surface area contributed by atoms with E-state index in [4.69, 9.17) is 5.73 Å². The Morgan fingerprint density at radius 2 is 2.05 bits per heavy atom. The van der Waals surface area contributed by atoms with Crippen molar-refractivity contribution in [3.05, 3.63) is 27.8 Å². The van der Waals surface area contributed by atoms with E-state index in [1.165, 1.54) is 29.7 Å². The number of urea groups is 2. The van der Waals surface area contributed by atoms with Gasteiger partial charge in [0.05, 0.1) is 5.69 Å². The molecule has 2 heterocycles. The third-order valence-corrected chi connectivity index (χ3v) is 4.32. The van der Waals surface area contributed by atoms with Crippen LogP contribution < -0.4 is 21.7 Å². The summed E-state index contributed by atoms with van der Waals surface area (Å²) in [6.07, 6.45) is 0. The van der Waals surface area contributed by atoms with Crippen molar-refractivity contribution in [2.45, 2.75) is 0 Å². The van der Waals surface area contributed by atoms with Crippen LogP contribution >= 0.6 is 22.7 Å². The summed E-state index contributed by atoms with van der Waals surface area (Å²) in [6, 6.07) is 1.83. The number of imide groups is 1. The molecular formula is C12H12N4O3S2. The number of carbonyl (C=O) groups is 3. The van der Waals surface area contributed by atoms with Crippen molar-refractivity contribution in [3.8, 4) is 10.4 Å². The largest absolute Gasteiger partial charge is 0.354 e. The quantitative estimate of drug-likeness (QED) is 0.692. The molecule has 9 heteroatoms. The highest BCUT2D eigenvalue weighted by Gasteiger charge is 2.18. The Balaban J connectivity index is 2.32. The smallest absolute Gasteiger partial charge is 0.327 e. The van der Waals surface area contributed by atoms with Gasteiger partial charge in [-0.15, -0.1) is 11.3 Å². The van der Waals surface area contributed by atoms with Gasteiger partial charge in [0.1, 0.15) is 4.88 Å². The molecule has 7 nitrogen and oxygen atoms in total. The van der Waals surface area contributed by atoms with E-state index in [9.17, 15) is 14.4 Å². The molecule has 0 aliphatic heterocycles. The lowest BCUT2D eigenvalue weighted by Crippen LogP contribution is -2.38. The standard InChI is InChI=1S/C12H12N4O3S2/c1-14-10(17)9-7(15-12(19)16-11(13)18)4-8(21-9)6-2-3-20-5-6/h2-5H,1H3,(H,14,17)(H4,13,15,16,18,19). The number of thiophene rings is 2. The summed E-state index contributed by atoms with van der Waals surface area (Å²) in [6.45, 7) is 0. The van der Waals surface area contributed by atoms with Crippen LogP contribution in [0.2, 0.25) is 0 Å². The SMILES string of the molecule is CNC(=O)c1sc(-c2ccsc2)cc1NC(=O)NC(N)=O. The molecule has 2 rings (SSSR count). The van der Waals surface area contributed by atoms with Gasteiger partial charge in [0.2, 0.25) is 0 Å². The van der Waals surface area contributed by atoms with Crippen LogP contribution in [0.3, 0.4) is 0 Å². The van der Waals surface area contributed by atoms with Crippen LogP contribution in [-0.4, -0.2) is 25.0 Å². The highest BCUT2D eigenvalue weighted by molar-refractivity contribution is 7.18. The lowest BCUT2D eigenvalue weighted by Gasteiger charge is -2.04. The van der Waals surface area contributed by atoms with E-state index < -0.39 is 12.1 Å². The summed E-state index contributed by atoms with van der Waals surface area (Å²) in [5.74, 6) is -0.323. The molecule has 0 unspecified atom stereocenters. The number of nitrogens with two attached hydrogens (primary N) is 1. The average molecular weight is 324 g/mol. The zero-order valence-corrected chi connectivity index (χ0v) is 12.6. The third kappa shape index (κ3) is 3.58. The molecule has 5 amide bonds.